The first-order chi connectivity index (χ1) is 11.0. The molecule has 2 aromatic heterocycles. The van der Waals surface area contributed by atoms with E-state index in [0.717, 1.165) is 21.7 Å². The lowest BCUT2D eigenvalue weighted by atomic mass is 10.1. The maximum atomic E-state index is 12.0. The Morgan fingerprint density at radius 2 is 1.83 bits per heavy atom. The predicted molar refractivity (Wildman–Crippen MR) is 92.7 cm³/mol. The minimum atomic E-state index is -0.763. The summed E-state index contributed by atoms with van der Waals surface area (Å²) in [6, 6.07) is 14.9. The predicted octanol–water partition coefficient (Wildman–Crippen LogP) is 3.32. The van der Waals surface area contributed by atoms with Gasteiger partial charge in [-0.1, -0.05) is 29.8 Å². The second-order valence-corrected chi connectivity index (χ2v) is 6.86. The Balaban J connectivity index is 1.87. The first kappa shape index (κ1) is 15.6. The van der Waals surface area contributed by atoms with Crippen LogP contribution in [0.25, 0.3) is 10.6 Å². The van der Waals surface area contributed by atoms with Gasteiger partial charge in [0.2, 0.25) is 0 Å². The fourth-order valence-corrected chi connectivity index (χ4v) is 3.17. The quantitative estimate of drug-likeness (QED) is 0.800. The smallest absolute Gasteiger partial charge is 0.266 e. The molecular weight excluding hydrogens is 308 g/mol. The van der Waals surface area contributed by atoms with Crippen LogP contribution in [0, 0.1) is 13.8 Å². The zero-order chi connectivity index (χ0) is 16.4. The molecule has 118 valence electrons. The van der Waals surface area contributed by atoms with Crippen LogP contribution in [0.2, 0.25) is 0 Å². The van der Waals surface area contributed by atoms with Gasteiger partial charge in [0.1, 0.15) is 5.69 Å². The van der Waals surface area contributed by atoms with Crippen LogP contribution in [0.3, 0.4) is 0 Å². The Bertz CT molecular complexity index is 865. The number of nitrogens with zero attached hydrogens (tertiary/aromatic N) is 2. The first-order valence-electron chi connectivity index (χ1n) is 7.42. The largest absolute Gasteiger partial charge is 0.386 e. The average molecular weight is 326 g/mol. The topological polar surface area (TPSA) is 55.1 Å². The SMILES string of the molecule is Cc1ccc(C(O)Cn2nc(-c3ccc(C)s3)ccc2=O)cc1. The van der Waals surface area contributed by atoms with Crippen molar-refractivity contribution in [2.75, 3.05) is 0 Å². The van der Waals surface area contributed by atoms with Crippen LogP contribution in [-0.2, 0) is 6.54 Å². The molecule has 0 bridgehead atoms. The van der Waals surface area contributed by atoms with Gasteiger partial charge in [-0.2, -0.15) is 5.10 Å². The van der Waals surface area contributed by atoms with E-state index in [2.05, 4.69) is 5.10 Å². The molecular formula is C18H18N2O2S. The molecule has 23 heavy (non-hydrogen) atoms. The van der Waals surface area contributed by atoms with Gasteiger partial charge in [-0.05, 0) is 37.6 Å². The summed E-state index contributed by atoms with van der Waals surface area (Å²) < 4.78 is 1.33. The van der Waals surface area contributed by atoms with Crippen molar-refractivity contribution in [2.45, 2.75) is 26.5 Å². The number of aryl methyl sites for hydroxylation is 2. The van der Waals surface area contributed by atoms with Crippen molar-refractivity contribution in [1.29, 1.82) is 0 Å². The summed E-state index contributed by atoms with van der Waals surface area (Å²) in [5.74, 6) is 0. The second-order valence-electron chi connectivity index (χ2n) is 5.58. The highest BCUT2D eigenvalue weighted by Crippen LogP contribution is 2.25. The number of hydrogen-bond acceptors (Lipinski definition) is 4. The van der Waals surface area contributed by atoms with Crippen LogP contribution in [0.15, 0.2) is 53.3 Å². The fraction of sp³-hybridized carbons (Fsp3) is 0.222. The molecule has 0 saturated heterocycles. The molecule has 3 aromatic rings. The summed E-state index contributed by atoms with van der Waals surface area (Å²) in [5.41, 5.74) is 2.44. The monoisotopic (exact) mass is 326 g/mol. The lowest BCUT2D eigenvalue weighted by molar-refractivity contribution is 0.149. The number of benzene rings is 1. The molecule has 5 heteroatoms. The number of aromatic nitrogens is 2. The second kappa shape index (κ2) is 6.48. The highest BCUT2D eigenvalue weighted by atomic mass is 32.1. The van der Waals surface area contributed by atoms with Crippen molar-refractivity contribution < 1.29 is 5.11 Å². The lowest BCUT2D eigenvalue weighted by Crippen LogP contribution is -2.25. The Labute approximate surface area is 138 Å². The maximum absolute atomic E-state index is 12.0. The highest BCUT2D eigenvalue weighted by molar-refractivity contribution is 7.15. The Kier molecular flexibility index (Phi) is 4.41. The molecule has 0 aliphatic rings. The third kappa shape index (κ3) is 3.57. The summed E-state index contributed by atoms with van der Waals surface area (Å²) in [6.45, 7) is 4.17. The van der Waals surface area contributed by atoms with Gasteiger partial charge in [0.25, 0.3) is 5.56 Å². The van der Waals surface area contributed by atoms with Crippen LogP contribution in [0.5, 0.6) is 0 Å². The van der Waals surface area contributed by atoms with E-state index in [9.17, 15) is 9.90 Å². The molecule has 1 atom stereocenters. The lowest BCUT2D eigenvalue weighted by Gasteiger charge is -2.13. The van der Waals surface area contributed by atoms with E-state index in [1.54, 1.807) is 17.4 Å². The van der Waals surface area contributed by atoms with Gasteiger partial charge < -0.3 is 5.11 Å². The zero-order valence-electron chi connectivity index (χ0n) is 13.1. The molecule has 1 unspecified atom stereocenters. The molecule has 2 heterocycles. The molecule has 0 aliphatic carbocycles. The van der Waals surface area contributed by atoms with E-state index in [4.69, 9.17) is 0 Å². The third-order valence-corrected chi connectivity index (χ3v) is 4.69. The number of thiophene rings is 1. The van der Waals surface area contributed by atoms with E-state index in [1.807, 2.05) is 50.2 Å². The number of rotatable bonds is 4. The van der Waals surface area contributed by atoms with E-state index in [0.29, 0.717) is 0 Å². The molecule has 1 aromatic carbocycles. The van der Waals surface area contributed by atoms with E-state index < -0.39 is 6.10 Å². The Morgan fingerprint density at radius 3 is 2.48 bits per heavy atom. The average Bonchev–Trinajstić information content (AvgIpc) is 2.96. The number of aliphatic hydroxyl groups excluding tert-OH is 1. The first-order valence-corrected chi connectivity index (χ1v) is 8.24. The number of aliphatic hydroxyl groups is 1. The van der Waals surface area contributed by atoms with E-state index >= 15 is 0 Å². The van der Waals surface area contributed by atoms with Gasteiger partial charge in [-0.15, -0.1) is 11.3 Å². The van der Waals surface area contributed by atoms with Crippen LogP contribution >= 0.6 is 11.3 Å². The maximum Gasteiger partial charge on any atom is 0.266 e. The molecule has 0 aliphatic heterocycles. The summed E-state index contributed by atoms with van der Waals surface area (Å²) in [4.78, 5) is 14.2. The van der Waals surface area contributed by atoms with E-state index in [1.165, 1.54) is 15.6 Å². The summed E-state index contributed by atoms with van der Waals surface area (Å²) in [5, 5.41) is 14.8. The molecule has 4 nitrogen and oxygen atoms in total. The molecule has 0 saturated carbocycles. The Hall–Kier alpha value is -2.24. The Morgan fingerprint density at radius 1 is 1.09 bits per heavy atom. The van der Waals surface area contributed by atoms with Crippen molar-refractivity contribution >= 4 is 11.3 Å². The van der Waals surface area contributed by atoms with Gasteiger partial charge in [0.05, 0.1) is 17.5 Å². The van der Waals surface area contributed by atoms with Crippen LogP contribution in [0.4, 0.5) is 0 Å². The standard InChI is InChI=1S/C18H18N2O2S/c1-12-3-6-14(7-4-12)16(21)11-20-18(22)10-8-15(19-20)17-9-5-13(2)23-17/h3-10,16,21H,11H2,1-2H3. The number of hydrogen-bond donors (Lipinski definition) is 1. The summed E-state index contributed by atoms with van der Waals surface area (Å²) >= 11 is 1.63. The van der Waals surface area contributed by atoms with Crippen molar-refractivity contribution in [2.24, 2.45) is 0 Å². The van der Waals surface area contributed by atoms with Crippen molar-refractivity contribution in [3.05, 3.63) is 74.9 Å². The van der Waals surface area contributed by atoms with Crippen molar-refractivity contribution in [1.82, 2.24) is 9.78 Å². The minimum absolute atomic E-state index is 0.139. The molecule has 0 amide bonds. The van der Waals surface area contributed by atoms with Gasteiger partial charge in [-0.25, -0.2) is 4.68 Å². The van der Waals surface area contributed by atoms with Gasteiger partial charge in [0.15, 0.2) is 0 Å². The summed E-state index contributed by atoms with van der Waals surface area (Å²) in [7, 11) is 0. The van der Waals surface area contributed by atoms with Gasteiger partial charge in [-0.3, -0.25) is 4.79 Å². The molecule has 0 radical (unpaired) electrons. The fourth-order valence-electron chi connectivity index (χ4n) is 2.34. The van der Waals surface area contributed by atoms with Crippen LogP contribution in [-0.4, -0.2) is 14.9 Å². The molecule has 3 rings (SSSR count). The summed E-state index contributed by atoms with van der Waals surface area (Å²) in [6.07, 6.45) is -0.763. The minimum Gasteiger partial charge on any atom is -0.386 e. The normalized spacial score (nSPS) is 12.3. The van der Waals surface area contributed by atoms with Gasteiger partial charge in [0, 0.05) is 10.9 Å². The third-order valence-electron chi connectivity index (χ3n) is 3.67. The van der Waals surface area contributed by atoms with E-state index in [-0.39, 0.29) is 12.1 Å². The van der Waals surface area contributed by atoms with Crippen molar-refractivity contribution in [3.8, 4) is 10.6 Å². The van der Waals surface area contributed by atoms with Gasteiger partial charge >= 0.3 is 0 Å². The molecule has 0 fully saturated rings. The van der Waals surface area contributed by atoms with Crippen LogP contribution in [0.1, 0.15) is 22.1 Å². The zero-order valence-corrected chi connectivity index (χ0v) is 13.9. The highest BCUT2D eigenvalue weighted by Gasteiger charge is 2.12. The van der Waals surface area contributed by atoms with Crippen molar-refractivity contribution in [3.63, 3.8) is 0 Å². The van der Waals surface area contributed by atoms with Crippen LogP contribution < -0.4 is 5.56 Å². The molecule has 1 N–H and O–H groups in total. The molecule has 0 spiro atoms.